The fraction of sp³-hybridized carbons (Fsp3) is 0.333. The van der Waals surface area contributed by atoms with Crippen molar-refractivity contribution in [1.82, 2.24) is 10.2 Å². The summed E-state index contributed by atoms with van der Waals surface area (Å²) in [6.07, 6.45) is 2.00. The fourth-order valence-electron chi connectivity index (χ4n) is 3.96. The molecule has 0 spiro atoms. The highest BCUT2D eigenvalue weighted by Crippen LogP contribution is 2.27. The van der Waals surface area contributed by atoms with E-state index in [4.69, 9.17) is 14.2 Å². The Morgan fingerprint density at radius 2 is 1.55 bits per heavy atom. The van der Waals surface area contributed by atoms with E-state index in [1.165, 1.54) is 25.2 Å². The van der Waals surface area contributed by atoms with Crippen molar-refractivity contribution in [2.75, 3.05) is 27.4 Å². The van der Waals surface area contributed by atoms with E-state index in [0.29, 0.717) is 29.4 Å². The second-order valence-electron chi connectivity index (χ2n) is 8.80. The summed E-state index contributed by atoms with van der Waals surface area (Å²) in [5.41, 5.74) is 1.19. The number of hydrogen-bond donors (Lipinski definition) is 1. The van der Waals surface area contributed by atoms with E-state index in [1.54, 1.807) is 36.4 Å². The largest absolute Gasteiger partial charge is 0.496 e. The SMILES string of the molecule is CCCCNC(=O)C(Cc1ccccc1)N(Cc1ccccc1F)C(=O)COc1cc(OC)cc(OC)c1. The average molecular weight is 523 g/mol. The molecule has 0 heterocycles. The van der Waals surface area contributed by atoms with E-state index in [1.807, 2.05) is 37.3 Å². The van der Waals surface area contributed by atoms with Crippen molar-refractivity contribution in [3.05, 3.63) is 89.7 Å². The first-order chi connectivity index (χ1) is 18.4. The molecule has 1 unspecified atom stereocenters. The Morgan fingerprint density at radius 3 is 2.18 bits per heavy atom. The molecule has 38 heavy (non-hydrogen) atoms. The smallest absolute Gasteiger partial charge is 0.261 e. The Hall–Kier alpha value is -4.07. The van der Waals surface area contributed by atoms with Gasteiger partial charge in [-0.05, 0) is 18.1 Å². The van der Waals surface area contributed by atoms with Crippen LogP contribution in [-0.4, -0.2) is 50.1 Å². The summed E-state index contributed by atoms with van der Waals surface area (Å²) in [5, 5.41) is 2.94. The predicted molar refractivity (Wildman–Crippen MR) is 144 cm³/mol. The van der Waals surface area contributed by atoms with Crippen LogP contribution in [-0.2, 0) is 22.6 Å². The molecule has 3 aromatic carbocycles. The van der Waals surface area contributed by atoms with Crippen LogP contribution in [0.15, 0.2) is 72.8 Å². The number of nitrogens with one attached hydrogen (secondary N) is 1. The van der Waals surface area contributed by atoms with Crippen LogP contribution in [0.1, 0.15) is 30.9 Å². The van der Waals surface area contributed by atoms with Gasteiger partial charge < -0.3 is 24.4 Å². The fourth-order valence-corrected chi connectivity index (χ4v) is 3.96. The third kappa shape index (κ3) is 8.23. The van der Waals surface area contributed by atoms with E-state index in [-0.39, 0.29) is 25.5 Å². The second kappa shape index (κ2) is 14.6. The van der Waals surface area contributed by atoms with E-state index < -0.39 is 17.8 Å². The lowest BCUT2D eigenvalue weighted by atomic mass is 10.0. The molecule has 0 aromatic heterocycles. The number of benzene rings is 3. The van der Waals surface area contributed by atoms with Gasteiger partial charge in [-0.3, -0.25) is 9.59 Å². The highest BCUT2D eigenvalue weighted by molar-refractivity contribution is 5.88. The van der Waals surface area contributed by atoms with Crippen molar-refractivity contribution in [3.63, 3.8) is 0 Å². The molecule has 0 aliphatic heterocycles. The van der Waals surface area contributed by atoms with Crippen LogP contribution in [0.3, 0.4) is 0 Å². The molecular weight excluding hydrogens is 487 g/mol. The minimum Gasteiger partial charge on any atom is -0.496 e. The van der Waals surface area contributed by atoms with E-state index in [2.05, 4.69) is 5.32 Å². The monoisotopic (exact) mass is 522 g/mol. The number of methoxy groups -OCH3 is 2. The van der Waals surface area contributed by atoms with E-state index in [9.17, 15) is 14.0 Å². The first-order valence-electron chi connectivity index (χ1n) is 12.7. The molecule has 1 N–H and O–H groups in total. The molecule has 0 radical (unpaired) electrons. The predicted octanol–water partition coefficient (Wildman–Crippen LogP) is 4.78. The van der Waals surface area contributed by atoms with Gasteiger partial charge in [0.05, 0.1) is 14.2 Å². The highest BCUT2D eigenvalue weighted by Gasteiger charge is 2.31. The van der Waals surface area contributed by atoms with Crippen LogP contribution in [0.2, 0.25) is 0 Å². The molecule has 1 atom stereocenters. The minimum absolute atomic E-state index is 0.0883. The summed E-state index contributed by atoms with van der Waals surface area (Å²) in [5.74, 6) is 0.178. The van der Waals surface area contributed by atoms with Crippen LogP contribution < -0.4 is 19.5 Å². The van der Waals surface area contributed by atoms with Gasteiger partial charge in [0.15, 0.2) is 6.61 Å². The van der Waals surface area contributed by atoms with Crippen LogP contribution >= 0.6 is 0 Å². The van der Waals surface area contributed by atoms with Crippen LogP contribution in [0.4, 0.5) is 4.39 Å². The van der Waals surface area contributed by atoms with Gasteiger partial charge >= 0.3 is 0 Å². The van der Waals surface area contributed by atoms with Crippen molar-refractivity contribution < 1.29 is 28.2 Å². The molecule has 2 amide bonds. The topological polar surface area (TPSA) is 77.1 Å². The van der Waals surface area contributed by atoms with Crippen LogP contribution in [0.5, 0.6) is 17.2 Å². The summed E-state index contributed by atoms with van der Waals surface area (Å²) < 4.78 is 31.0. The van der Waals surface area contributed by atoms with Crippen molar-refractivity contribution in [2.24, 2.45) is 0 Å². The number of rotatable bonds is 14. The zero-order chi connectivity index (χ0) is 27.3. The molecule has 0 bridgehead atoms. The van der Waals surface area contributed by atoms with Crippen molar-refractivity contribution in [1.29, 1.82) is 0 Å². The van der Waals surface area contributed by atoms with Gasteiger partial charge in [-0.1, -0.05) is 61.9 Å². The standard InChI is InChI=1S/C30H35FN2O5/c1-4-5-15-32-30(35)28(16-22-11-7-6-8-12-22)33(20-23-13-9-10-14-27(23)31)29(34)21-38-26-18-24(36-2)17-25(19-26)37-3/h6-14,17-19,28H,4-5,15-16,20-21H2,1-3H3,(H,32,35). The molecule has 3 aromatic rings. The number of amides is 2. The summed E-state index contributed by atoms with van der Waals surface area (Å²) in [6.45, 7) is 2.07. The minimum atomic E-state index is -0.871. The number of hydrogen-bond acceptors (Lipinski definition) is 5. The van der Waals surface area contributed by atoms with Gasteiger partial charge in [0.1, 0.15) is 29.1 Å². The number of ether oxygens (including phenoxy) is 3. The van der Waals surface area contributed by atoms with Gasteiger partial charge in [0, 0.05) is 43.3 Å². The molecule has 0 aliphatic carbocycles. The quantitative estimate of drug-likeness (QED) is 0.309. The maximum absolute atomic E-state index is 14.7. The highest BCUT2D eigenvalue weighted by atomic mass is 19.1. The lowest BCUT2D eigenvalue weighted by Crippen LogP contribution is -2.52. The van der Waals surface area contributed by atoms with Crippen molar-refractivity contribution in [3.8, 4) is 17.2 Å². The summed E-state index contributed by atoms with van der Waals surface area (Å²) in [6, 6.07) is 19.8. The molecule has 0 saturated heterocycles. The summed E-state index contributed by atoms with van der Waals surface area (Å²) in [4.78, 5) is 28.4. The van der Waals surface area contributed by atoms with Gasteiger partial charge in [-0.15, -0.1) is 0 Å². The third-order valence-electron chi connectivity index (χ3n) is 6.09. The lowest BCUT2D eigenvalue weighted by Gasteiger charge is -2.31. The van der Waals surface area contributed by atoms with Crippen LogP contribution in [0.25, 0.3) is 0 Å². The van der Waals surface area contributed by atoms with E-state index >= 15 is 0 Å². The van der Waals surface area contributed by atoms with Gasteiger partial charge in [0.2, 0.25) is 5.91 Å². The number of halogens is 1. The number of unbranched alkanes of at least 4 members (excludes halogenated alkanes) is 1. The summed E-state index contributed by atoms with van der Waals surface area (Å²) >= 11 is 0. The normalized spacial score (nSPS) is 11.4. The first-order valence-corrected chi connectivity index (χ1v) is 12.7. The molecule has 0 saturated carbocycles. The Kier molecular flexibility index (Phi) is 11.0. The maximum Gasteiger partial charge on any atom is 0.261 e. The van der Waals surface area contributed by atoms with Gasteiger partial charge in [-0.25, -0.2) is 4.39 Å². The Labute approximate surface area is 223 Å². The average Bonchev–Trinajstić information content (AvgIpc) is 2.94. The van der Waals surface area contributed by atoms with E-state index in [0.717, 1.165) is 18.4 Å². The van der Waals surface area contributed by atoms with Crippen molar-refractivity contribution in [2.45, 2.75) is 38.8 Å². The van der Waals surface area contributed by atoms with Crippen LogP contribution in [0, 0.1) is 5.82 Å². The molecule has 0 aliphatic rings. The maximum atomic E-state index is 14.7. The number of nitrogens with zero attached hydrogens (tertiary/aromatic N) is 1. The third-order valence-corrected chi connectivity index (χ3v) is 6.09. The van der Waals surface area contributed by atoms with Gasteiger partial charge in [-0.2, -0.15) is 0 Å². The zero-order valence-corrected chi connectivity index (χ0v) is 22.1. The molecule has 0 fully saturated rings. The zero-order valence-electron chi connectivity index (χ0n) is 22.1. The Balaban J connectivity index is 1.91. The molecule has 8 heteroatoms. The molecule has 202 valence electrons. The lowest BCUT2D eigenvalue weighted by molar-refractivity contribution is -0.142. The second-order valence-corrected chi connectivity index (χ2v) is 8.80. The molecular formula is C30H35FN2O5. The van der Waals surface area contributed by atoms with Gasteiger partial charge in [0.25, 0.3) is 5.91 Å². The number of carbonyl (C=O) groups is 2. The summed E-state index contributed by atoms with van der Waals surface area (Å²) in [7, 11) is 3.04. The molecule has 3 rings (SSSR count). The van der Waals surface area contributed by atoms with Crippen molar-refractivity contribution >= 4 is 11.8 Å². The Morgan fingerprint density at radius 1 is 0.921 bits per heavy atom. The molecule has 7 nitrogen and oxygen atoms in total. The number of carbonyl (C=O) groups excluding carboxylic acids is 2. The Bertz CT molecular complexity index is 1170. The first kappa shape index (κ1) is 28.5.